The Hall–Kier alpha value is -1.91. The summed E-state index contributed by atoms with van der Waals surface area (Å²) in [5.74, 6) is 0.141. The second-order valence-electron chi connectivity index (χ2n) is 3.27. The maximum atomic E-state index is 11.9. The summed E-state index contributed by atoms with van der Waals surface area (Å²) >= 11 is 0. The molecule has 2 aromatic rings. The molecule has 5 heteroatoms. The number of rotatable bonds is 3. The Morgan fingerprint density at radius 2 is 1.88 bits per heavy atom. The lowest BCUT2D eigenvalue weighted by Crippen LogP contribution is -2.02. The van der Waals surface area contributed by atoms with Crippen molar-refractivity contribution in [3.63, 3.8) is 0 Å². The van der Waals surface area contributed by atoms with Crippen LogP contribution in [-0.2, 0) is 0 Å². The van der Waals surface area contributed by atoms with Gasteiger partial charge in [-0.1, -0.05) is 0 Å². The topological polar surface area (TPSA) is 27.1 Å². The highest BCUT2D eigenvalue weighted by molar-refractivity contribution is 5.36. The molecule has 0 radical (unpaired) electrons. The number of ether oxygens (including phenoxy) is 1. The van der Waals surface area contributed by atoms with Crippen molar-refractivity contribution in [3.05, 3.63) is 42.2 Å². The lowest BCUT2D eigenvalue weighted by molar-refractivity contribution is -0.0498. The minimum absolute atomic E-state index is 0.141. The highest BCUT2D eigenvalue weighted by Crippen LogP contribution is 2.16. The quantitative estimate of drug-likeness (QED) is 0.801. The van der Waals surface area contributed by atoms with E-state index in [1.54, 1.807) is 23.0 Å². The Kier molecular flexibility index (Phi) is 2.85. The first-order chi connectivity index (χ1) is 7.65. The van der Waals surface area contributed by atoms with Gasteiger partial charge < -0.3 is 4.74 Å². The van der Waals surface area contributed by atoms with Crippen LogP contribution in [0.1, 0.15) is 5.69 Å². The van der Waals surface area contributed by atoms with Crippen molar-refractivity contribution in [1.29, 1.82) is 0 Å². The molecule has 0 saturated heterocycles. The fraction of sp³-hybridized carbons (Fsp3) is 0.182. The van der Waals surface area contributed by atoms with Gasteiger partial charge in [0.05, 0.1) is 11.4 Å². The van der Waals surface area contributed by atoms with Crippen LogP contribution in [0.2, 0.25) is 0 Å². The molecule has 0 aliphatic carbocycles. The van der Waals surface area contributed by atoms with Crippen molar-refractivity contribution in [1.82, 2.24) is 9.78 Å². The lowest BCUT2D eigenvalue weighted by atomic mass is 10.3. The molecule has 0 saturated carbocycles. The summed E-state index contributed by atoms with van der Waals surface area (Å²) in [7, 11) is 0. The molecule has 0 spiro atoms. The molecule has 0 N–H and O–H groups in total. The van der Waals surface area contributed by atoms with Crippen LogP contribution in [0.5, 0.6) is 5.75 Å². The summed E-state index contributed by atoms with van der Waals surface area (Å²) in [5, 5.41) is 4.20. The minimum Gasteiger partial charge on any atom is -0.435 e. The van der Waals surface area contributed by atoms with Gasteiger partial charge in [0, 0.05) is 6.20 Å². The lowest BCUT2D eigenvalue weighted by Gasteiger charge is -2.05. The molecule has 0 atom stereocenters. The van der Waals surface area contributed by atoms with Crippen molar-refractivity contribution in [2.45, 2.75) is 13.5 Å². The van der Waals surface area contributed by atoms with Gasteiger partial charge in [0.15, 0.2) is 0 Å². The summed E-state index contributed by atoms with van der Waals surface area (Å²) in [6.45, 7) is -0.914. The van der Waals surface area contributed by atoms with E-state index in [0.717, 1.165) is 11.4 Å². The Morgan fingerprint density at radius 3 is 2.38 bits per heavy atom. The van der Waals surface area contributed by atoms with Crippen LogP contribution in [-0.4, -0.2) is 16.4 Å². The molecule has 1 aromatic carbocycles. The molecular formula is C11H10F2N2O. The van der Waals surface area contributed by atoms with Crippen LogP contribution in [0.4, 0.5) is 8.78 Å². The van der Waals surface area contributed by atoms with Crippen molar-refractivity contribution >= 4 is 0 Å². The molecule has 0 unspecified atom stereocenters. The van der Waals surface area contributed by atoms with Gasteiger partial charge in [0.2, 0.25) is 0 Å². The van der Waals surface area contributed by atoms with Gasteiger partial charge in [-0.25, -0.2) is 4.68 Å². The fourth-order valence-electron chi connectivity index (χ4n) is 1.34. The Bertz CT molecular complexity index is 465. The van der Waals surface area contributed by atoms with Crippen molar-refractivity contribution in [2.75, 3.05) is 0 Å². The molecule has 16 heavy (non-hydrogen) atoms. The van der Waals surface area contributed by atoms with Crippen molar-refractivity contribution < 1.29 is 13.5 Å². The van der Waals surface area contributed by atoms with Crippen LogP contribution in [0.3, 0.4) is 0 Å². The number of alkyl halides is 2. The van der Waals surface area contributed by atoms with Crippen LogP contribution < -0.4 is 4.74 Å². The van der Waals surface area contributed by atoms with Gasteiger partial charge in [-0.15, -0.1) is 0 Å². The zero-order valence-electron chi connectivity index (χ0n) is 8.60. The number of aromatic nitrogens is 2. The second kappa shape index (κ2) is 4.30. The van der Waals surface area contributed by atoms with Gasteiger partial charge in [-0.3, -0.25) is 0 Å². The first-order valence-electron chi connectivity index (χ1n) is 4.73. The molecule has 0 aliphatic heterocycles. The molecule has 0 fully saturated rings. The second-order valence-corrected chi connectivity index (χ2v) is 3.27. The molecule has 0 amide bonds. The fourth-order valence-corrected chi connectivity index (χ4v) is 1.34. The first-order valence-corrected chi connectivity index (χ1v) is 4.73. The summed E-state index contributed by atoms with van der Waals surface area (Å²) < 4.78 is 29.7. The normalized spacial score (nSPS) is 10.8. The summed E-state index contributed by atoms with van der Waals surface area (Å²) in [5.41, 5.74) is 1.70. The highest BCUT2D eigenvalue weighted by Gasteiger charge is 2.04. The molecule has 1 heterocycles. The van der Waals surface area contributed by atoms with Crippen LogP contribution in [0, 0.1) is 6.92 Å². The summed E-state index contributed by atoms with van der Waals surface area (Å²) in [6, 6.07) is 8.18. The van der Waals surface area contributed by atoms with E-state index in [9.17, 15) is 8.78 Å². The minimum atomic E-state index is -2.79. The van der Waals surface area contributed by atoms with E-state index in [0.29, 0.717) is 0 Å². The number of hydrogen-bond acceptors (Lipinski definition) is 2. The van der Waals surface area contributed by atoms with E-state index in [4.69, 9.17) is 0 Å². The highest BCUT2D eigenvalue weighted by atomic mass is 19.3. The number of benzene rings is 1. The molecule has 84 valence electrons. The van der Waals surface area contributed by atoms with Gasteiger partial charge in [0.1, 0.15) is 5.75 Å². The average Bonchev–Trinajstić information content (AvgIpc) is 2.65. The summed E-state index contributed by atoms with van der Waals surface area (Å²) in [4.78, 5) is 0. The van der Waals surface area contributed by atoms with E-state index in [1.807, 2.05) is 13.0 Å². The number of aryl methyl sites for hydroxylation is 1. The van der Waals surface area contributed by atoms with E-state index in [-0.39, 0.29) is 5.75 Å². The smallest absolute Gasteiger partial charge is 0.387 e. The predicted octanol–water partition coefficient (Wildman–Crippen LogP) is 2.78. The van der Waals surface area contributed by atoms with E-state index in [1.165, 1.54) is 12.1 Å². The third kappa shape index (κ3) is 2.36. The van der Waals surface area contributed by atoms with E-state index in [2.05, 4.69) is 9.84 Å². The maximum Gasteiger partial charge on any atom is 0.387 e. The Balaban J connectivity index is 2.19. The van der Waals surface area contributed by atoms with Crippen LogP contribution in [0.15, 0.2) is 36.5 Å². The molecule has 2 rings (SSSR count). The third-order valence-electron chi connectivity index (χ3n) is 2.05. The number of nitrogens with zero attached hydrogens (tertiary/aromatic N) is 2. The third-order valence-corrected chi connectivity index (χ3v) is 2.05. The Morgan fingerprint density at radius 1 is 1.19 bits per heavy atom. The Labute approximate surface area is 91.3 Å². The van der Waals surface area contributed by atoms with Crippen LogP contribution >= 0.6 is 0 Å². The van der Waals surface area contributed by atoms with Gasteiger partial charge in [-0.2, -0.15) is 13.9 Å². The zero-order chi connectivity index (χ0) is 11.5. The molecule has 0 aliphatic rings. The predicted molar refractivity (Wildman–Crippen MR) is 54.9 cm³/mol. The van der Waals surface area contributed by atoms with E-state index >= 15 is 0 Å². The standard InChI is InChI=1S/C11H10F2N2O/c1-8-6-7-15(14-8)9-2-4-10(5-3-9)16-11(12)13/h2-7,11H,1H3. The zero-order valence-corrected chi connectivity index (χ0v) is 8.60. The van der Waals surface area contributed by atoms with Crippen LogP contribution in [0.25, 0.3) is 5.69 Å². The first kappa shape index (κ1) is 10.6. The monoisotopic (exact) mass is 224 g/mol. The summed E-state index contributed by atoms with van der Waals surface area (Å²) in [6.07, 6.45) is 1.80. The number of hydrogen-bond donors (Lipinski definition) is 0. The van der Waals surface area contributed by atoms with Gasteiger partial charge in [-0.05, 0) is 37.3 Å². The van der Waals surface area contributed by atoms with Gasteiger partial charge in [0.25, 0.3) is 0 Å². The molecule has 3 nitrogen and oxygen atoms in total. The average molecular weight is 224 g/mol. The molecular weight excluding hydrogens is 214 g/mol. The van der Waals surface area contributed by atoms with Crippen molar-refractivity contribution in [3.8, 4) is 11.4 Å². The largest absolute Gasteiger partial charge is 0.435 e. The number of halogens is 2. The molecule has 0 bridgehead atoms. The SMILES string of the molecule is Cc1ccn(-c2ccc(OC(F)F)cc2)n1. The maximum absolute atomic E-state index is 11.9. The van der Waals surface area contributed by atoms with Crippen molar-refractivity contribution in [2.24, 2.45) is 0 Å². The molecule has 1 aromatic heterocycles. The van der Waals surface area contributed by atoms with E-state index < -0.39 is 6.61 Å². The van der Waals surface area contributed by atoms with Gasteiger partial charge >= 0.3 is 6.61 Å².